The van der Waals surface area contributed by atoms with Crippen LogP contribution < -0.4 is 5.32 Å². The van der Waals surface area contributed by atoms with Crippen molar-refractivity contribution < 1.29 is 17.6 Å². The molecule has 0 bridgehead atoms. The van der Waals surface area contributed by atoms with E-state index in [9.17, 15) is 13.2 Å². The molecule has 0 radical (unpaired) electrons. The Labute approximate surface area is 114 Å². The van der Waals surface area contributed by atoms with Gasteiger partial charge in [-0.2, -0.15) is 13.2 Å². The van der Waals surface area contributed by atoms with Crippen LogP contribution in [0.3, 0.4) is 0 Å². The van der Waals surface area contributed by atoms with Gasteiger partial charge >= 0.3 is 6.18 Å². The van der Waals surface area contributed by atoms with Gasteiger partial charge in [0.05, 0.1) is 11.1 Å². The van der Waals surface area contributed by atoms with Gasteiger partial charge in [0.25, 0.3) is 0 Å². The molecular formula is C14H15F3N2O. The third-order valence-electron chi connectivity index (χ3n) is 3.81. The standard InChI is InChI=1S/C14H15F3N2O/c1-13(6-2-3-7-18-13)12-19-10-8-9(14(15,16)17)4-5-11(10)20-12/h4-5,8,18H,2-3,6-7H2,1H3. The van der Waals surface area contributed by atoms with Gasteiger partial charge in [-0.15, -0.1) is 0 Å². The highest BCUT2D eigenvalue weighted by Gasteiger charge is 2.35. The molecule has 1 fully saturated rings. The van der Waals surface area contributed by atoms with E-state index >= 15 is 0 Å². The Morgan fingerprint density at radius 3 is 2.75 bits per heavy atom. The van der Waals surface area contributed by atoms with Gasteiger partial charge in [0.15, 0.2) is 5.58 Å². The van der Waals surface area contributed by atoms with Crippen LogP contribution in [-0.2, 0) is 11.7 Å². The van der Waals surface area contributed by atoms with E-state index in [2.05, 4.69) is 10.3 Å². The van der Waals surface area contributed by atoms with Gasteiger partial charge in [-0.3, -0.25) is 0 Å². The zero-order chi connectivity index (χ0) is 14.4. The van der Waals surface area contributed by atoms with Gasteiger partial charge in [0, 0.05) is 0 Å². The van der Waals surface area contributed by atoms with Crippen LogP contribution in [0, 0.1) is 0 Å². The Morgan fingerprint density at radius 1 is 1.30 bits per heavy atom. The summed E-state index contributed by atoms with van der Waals surface area (Å²) in [6, 6.07) is 3.39. The zero-order valence-electron chi connectivity index (χ0n) is 11.0. The highest BCUT2D eigenvalue weighted by atomic mass is 19.4. The quantitative estimate of drug-likeness (QED) is 0.864. The summed E-state index contributed by atoms with van der Waals surface area (Å²) >= 11 is 0. The number of benzene rings is 1. The van der Waals surface area contributed by atoms with Gasteiger partial charge in [-0.05, 0) is 50.9 Å². The summed E-state index contributed by atoms with van der Waals surface area (Å²) in [4.78, 5) is 4.25. The third-order valence-corrected chi connectivity index (χ3v) is 3.81. The smallest absolute Gasteiger partial charge is 0.416 e. The van der Waals surface area contributed by atoms with E-state index in [-0.39, 0.29) is 5.52 Å². The minimum absolute atomic E-state index is 0.253. The molecule has 0 amide bonds. The predicted molar refractivity (Wildman–Crippen MR) is 68.2 cm³/mol. The molecule has 20 heavy (non-hydrogen) atoms. The van der Waals surface area contributed by atoms with Crippen molar-refractivity contribution in [3.8, 4) is 0 Å². The number of halogens is 3. The van der Waals surface area contributed by atoms with Crippen LogP contribution in [0.4, 0.5) is 13.2 Å². The summed E-state index contributed by atoms with van der Waals surface area (Å²) in [5.74, 6) is 0.464. The van der Waals surface area contributed by atoms with Crippen LogP contribution in [0.25, 0.3) is 11.1 Å². The van der Waals surface area contributed by atoms with Crippen molar-refractivity contribution in [1.82, 2.24) is 10.3 Å². The monoisotopic (exact) mass is 284 g/mol. The molecule has 3 nitrogen and oxygen atoms in total. The molecular weight excluding hydrogens is 269 g/mol. The average molecular weight is 284 g/mol. The summed E-state index contributed by atoms with van der Waals surface area (Å²) in [5, 5.41) is 3.34. The first-order chi connectivity index (χ1) is 9.38. The molecule has 108 valence electrons. The highest BCUT2D eigenvalue weighted by Crippen LogP contribution is 2.34. The summed E-state index contributed by atoms with van der Waals surface area (Å²) in [7, 11) is 0. The lowest BCUT2D eigenvalue weighted by molar-refractivity contribution is -0.137. The molecule has 1 N–H and O–H groups in total. The molecule has 1 aromatic heterocycles. The average Bonchev–Trinajstić information content (AvgIpc) is 2.82. The Kier molecular flexibility index (Phi) is 3.01. The topological polar surface area (TPSA) is 38.1 Å². The summed E-state index contributed by atoms with van der Waals surface area (Å²) in [6.45, 7) is 2.84. The fourth-order valence-corrected chi connectivity index (χ4v) is 2.58. The summed E-state index contributed by atoms with van der Waals surface area (Å²) in [5.41, 5.74) is -0.452. The van der Waals surface area contributed by atoms with E-state index in [1.54, 1.807) is 0 Å². The fraction of sp³-hybridized carbons (Fsp3) is 0.500. The number of hydrogen-bond acceptors (Lipinski definition) is 3. The molecule has 3 rings (SSSR count). The van der Waals surface area contributed by atoms with Gasteiger partial charge in [-0.25, -0.2) is 4.98 Å². The molecule has 2 heterocycles. The Balaban J connectivity index is 2.02. The van der Waals surface area contributed by atoms with E-state index in [1.165, 1.54) is 6.07 Å². The van der Waals surface area contributed by atoms with Crippen LogP contribution in [0.5, 0.6) is 0 Å². The van der Waals surface area contributed by atoms with E-state index in [0.717, 1.165) is 37.9 Å². The molecule has 1 aromatic carbocycles. The Hall–Kier alpha value is -1.56. The molecule has 0 aliphatic carbocycles. The molecule has 0 saturated carbocycles. The number of hydrogen-bond donors (Lipinski definition) is 1. The van der Waals surface area contributed by atoms with Crippen molar-refractivity contribution in [3.05, 3.63) is 29.7 Å². The molecule has 1 unspecified atom stereocenters. The van der Waals surface area contributed by atoms with Crippen LogP contribution in [0.2, 0.25) is 0 Å². The summed E-state index contributed by atoms with van der Waals surface area (Å²) in [6.07, 6.45) is -1.35. The van der Waals surface area contributed by atoms with Gasteiger partial charge < -0.3 is 9.73 Å². The van der Waals surface area contributed by atoms with E-state index in [0.29, 0.717) is 11.5 Å². The third kappa shape index (κ3) is 2.28. The second kappa shape index (κ2) is 4.48. The van der Waals surface area contributed by atoms with Crippen LogP contribution in [-0.4, -0.2) is 11.5 Å². The number of oxazole rings is 1. The first kappa shape index (κ1) is 13.4. The molecule has 1 aliphatic rings. The number of nitrogens with zero attached hydrogens (tertiary/aromatic N) is 1. The highest BCUT2D eigenvalue weighted by molar-refractivity contribution is 5.73. The lowest BCUT2D eigenvalue weighted by atomic mass is 9.91. The molecule has 1 atom stereocenters. The lowest BCUT2D eigenvalue weighted by Crippen LogP contribution is -2.43. The molecule has 1 saturated heterocycles. The van der Waals surface area contributed by atoms with Crippen molar-refractivity contribution in [1.29, 1.82) is 0 Å². The maximum atomic E-state index is 12.7. The molecule has 1 aliphatic heterocycles. The van der Waals surface area contributed by atoms with Gasteiger partial charge in [0.2, 0.25) is 5.89 Å². The number of piperidine rings is 1. The minimum atomic E-state index is -4.36. The Morgan fingerprint density at radius 2 is 2.10 bits per heavy atom. The van der Waals surface area contributed by atoms with Crippen molar-refractivity contribution >= 4 is 11.1 Å². The maximum absolute atomic E-state index is 12.7. The first-order valence-corrected chi connectivity index (χ1v) is 6.62. The number of nitrogens with one attached hydrogen (secondary N) is 1. The number of rotatable bonds is 1. The number of alkyl halides is 3. The van der Waals surface area contributed by atoms with Crippen LogP contribution >= 0.6 is 0 Å². The van der Waals surface area contributed by atoms with Crippen LogP contribution in [0.15, 0.2) is 22.6 Å². The zero-order valence-corrected chi connectivity index (χ0v) is 11.0. The lowest BCUT2D eigenvalue weighted by Gasteiger charge is -2.31. The second-order valence-electron chi connectivity index (χ2n) is 5.42. The number of aromatic nitrogens is 1. The van der Waals surface area contributed by atoms with Crippen molar-refractivity contribution in [3.63, 3.8) is 0 Å². The minimum Gasteiger partial charge on any atom is -0.439 e. The van der Waals surface area contributed by atoms with Gasteiger partial charge in [0.1, 0.15) is 5.52 Å². The van der Waals surface area contributed by atoms with Crippen LogP contribution in [0.1, 0.15) is 37.6 Å². The van der Waals surface area contributed by atoms with Crippen molar-refractivity contribution in [2.45, 2.75) is 37.9 Å². The predicted octanol–water partition coefficient (Wildman–Crippen LogP) is 3.84. The molecule has 2 aromatic rings. The largest absolute Gasteiger partial charge is 0.439 e. The van der Waals surface area contributed by atoms with Gasteiger partial charge in [-0.1, -0.05) is 0 Å². The fourth-order valence-electron chi connectivity index (χ4n) is 2.58. The molecule has 6 heteroatoms. The second-order valence-corrected chi connectivity index (χ2v) is 5.42. The SMILES string of the molecule is CC1(c2nc3cc(C(F)(F)F)ccc3o2)CCCCN1. The van der Waals surface area contributed by atoms with E-state index in [4.69, 9.17) is 4.42 Å². The maximum Gasteiger partial charge on any atom is 0.416 e. The van der Waals surface area contributed by atoms with Crippen molar-refractivity contribution in [2.75, 3.05) is 6.54 Å². The van der Waals surface area contributed by atoms with E-state index in [1.807, 2.05) is 6.92 Å². The first-order valence-electron chi connectivity index (χ1n) is 6.62. The number of fused-ring (bicyclic) bond motifs is 1. The van der Waals surface area contributed by atoms with E-state index < -0.39 is 17.3 Å². The normalized spacial score (nSPS) is 24.2. The van der Waals surface area contributed by atoms with Crippen molar-refractivity contribution in [2.24, 2.45) is 0 Å². The summed E-state index contributed by atoms with van der Waals surface area (Å²) < 4.78 is 43.7. The Bertz CT molecular complexity index is 627. The molecule has 0 spiro atoms.